The highest BCUT2D eigenvalue weighted by atomic mass is 17.0. The first-order valence-electron chi connectivity index (χ1n) is 8.57. The van der Waals surface area contributed by atoms with E-state index in [1.54, 1.807) is 18.2 Å². The van der Waals surface area contributed by atoms with Gasteiger partial charge >= 0.3 is 11.9 Å². The van der Waals surface area contributed by atoms with Crippen LogP contribution in [0.4, 0.5) is 0 Å². The number of carbonyl (C=O) groups is 2. The number of benzene rings is 2. The molecule has 0 amide bonds. The van der Waals surface area contributed by atoms with Gasteiger partial charge in [-0.25, -0.2) is 4.79 Å². The van der Waals surface area contributed by atoms with Gasteiger partial charge in [-0.3, -0.25) is 9.63 Å². The number of esters is 1. The number of ether oxygens (including phenoxy) is 2. The smallest absolute Gasteiger partial charge is 0.341 e. The number of hydrogen-bond donors (Lipinski definition) is 0. The summed E-state index contributed by atoms with van der Waals surface area (Å²) in [4.78, 5) is 34.4. The fourth-order valence-corrected chi connectivity index (χ4v) is 2.48. The molecule has 0 aliphatic rings. The molecule has 0 saturated carbocycles. The SMILES string of the molecule is CO/C=C(/C(=O)OC)c1ccccc1CN(OCc1ccccc1)OC(C)=O. The van der Waals surface area contributed by atoms with Gasteiger partial charge in [-0.2, -0.15) is 0 Å². The third kappa shape index (κ3) is 6.22. The second-order valence-electron chi connectivity index (χ2n) is 5.75. The zero-order chi connectivity index (χ0) is 20.4. The van der Waals surface area contributed by atoms with Gasteiger partial charge < -0.3 is 14.3 Å². The zero-order valence-corrected chi connectivity index (χ0v) is 16.1. The third-order valence-corrected chi connectivity index (χ3v) is 3.70. The first-order valence-corrected chi connectivity index (χ1v) is 8.57. The lowest BCUT2D eigenvalue weighted by Crippen LogP contribution is -2.27. The van der Waals surface area contributed by atoms with Gasteiger partial charge in [-0.1, -0.05) is 54.6 Å². The van der Waals surface area contributed by atoms with Crippen LogP contribution in [0.5, 0.6) is 0 Å². The summed E-state index contributed by atoms with van der Waals surface area (Å²) < 4.78 is 9.85. The Morgan fingerprint density at radius 2 is 1.68 bits per heavy atom. The Bertz CT molecular complexity index is 819. The van der Waals surface area contributed by atoms with Crippen molar-refractivity contribution in [2.75, 3.05) is 14.2 Å². The molecule has 0 atom stereocenters. The Balaban J connectivity index is 2.24. The maximum Gasteiger partial charge on any atom is 0.341 e. The summed E-state index contributed by atoms with van der Waals surface area (Å²) >= 11 is 0. The van der Waals surface area contributed by atoms with E-state index in [0.29, 0.717) is 11.1 Å². The summed E-state index contributed by atoms with van der Waals surface area (Å²) in [6.07, 6.45) is 1.31. The number of hydrogen-bond acceptors (Lipinski definition) is 7. The summed E-state index contributed by atoms with van der Waals surface area (Å²) in [5.41, 5.74) is 2.43. The molecule has 0 aliphatic carbocycles. The molecule has 7 nitrogen and oxygen atoms in total. The maximum atomic E-state index is 12.1. The van der Waals surface area contributed by atoms with Gasteiger partial charge in [0.2, 0.25) is 0 Å². The van der Waals surface area contributed by atoms with Crippen LogP contribution in [0.3, 0.4) is 0 Å². The average molecular weight is 385 g/mol. The molecule has 0 fully saturated rings. The van der Waals surface area contributed by atoms with Crippen molar-refractivity contribution in [1.82, 2.24) is 5.23 Å². The Morgan fingerprint density at radius 1 is 1.00 bits per heavy atom. The summed E-state index contributed by atoms with van der Waals surface area (Å²) in [6.45, 7) is 1.60. The number of hydroxylamine groups is 2. The van der Waals surface area contributed by atoms with Crippen LogP contribution in [-0.4, -0.2) is 31.4 Å². The molecule has 0 aliphatic heterocycles. The average Bonchev–Trinajstić information content (AvgIpc) is 2.70. The van der Waals surface area contributed by atoms with E-state index >= 15 is 0 Å². The number of methoxy groups -OCH3 is 2. The summed E-state index contributed by atoms with van der Waals surface area (Å²) in [5.74, 6) is -1.07. The van der Waals surface area contributed by atoms with Gasteiger partial charge in [0, 0.05) is 6.92 Å². The van der Waals surface area contributed by atoms with E-state index in [0.717, 1.165) is 10.8 Å². The van der Waals surface area contributed by atoms with Crippen molar-refractivity contribution in [2.24, 2.45) is 0 Å². The molecule has 28 heavy (non-hydrogen) atoms. The van der Waals surface area contributed by atoms with Crippen LogP contribution in [0, 0.1) is 0 Å². The number of carbonyl (C=O) groups excluding carboxylic acids is 2. The molecule has 0 saturated heterocycles. The molecule has 2 rings (SSSR count). The van der Waals surface area contributed by atoms with Crippen molar-refractivity contribution >= 4 is 17.5 Å². The van der Waals surface area contributed by atoms with Crippen molar-refractivity contribution < 1.29 is 28.7 Å². The minimum absolute atomic E-state index is 0.0979. The van der Waals surface area contributed by atoms with E-state index in [9.17, 15) is 9.59 Å². The predicted molar refractivity (Wildman–Crippen MR) is 102 cm³/mol. The van der Waals surface area contributed by atoms with Crippen molar-refractivity contribution in [3.63, 3.8) is 0 Å². The fraction of sp³-hybridized carbons (Fsp3) is 0.238. The van der Waals surface area contributed by atoms with E-state index in [-0.39, 0.29) is 18.7 Å². The van der Waals surface area contributed by atoms with Crippen LogP contribution in [0.15, 0.2) is 60.9 Å². The lowest BCUT2D eigenvalue weighted by atomic mass is 10.0. The molecule has 2 aromatic carbocycles. The standard InChI is InChI=1S/C21H23NO6/c1-16(23)28-22(27-14-17-9-5-4-6-10-17)13-18-11-7-8-12-19(18)20(15-25-2)21(24)26-3/h4-12,15H,13-14H2,1-3H3/b20-15+. The highest BCUT2D eigenvalue weighted by molar-refractivity contribution is 6.16. The molecule has 148 valence electrons. The van der Waals surface area contributed by atoms with Crippen molar-refractivity contribution in [1.29, 1.82) is 0 Å². The second kappa shape index (κ2) is 10.9. The van der Waals surface area contributed by atoms with Gasteiger partial charge in [-0.05, 0) is 21.9 Å². The Morgan fingerprint density at radius 3 is 2.32 bits per heavy atom. The molecular formula is C21H23NO6. The van der Waals surface area contributed by atoms with Gasteiger partial charge in [0.05, 0.1) is 33.6 Å². The molecule has 0 spiro atoms. The first-order chi connectivity index (χ1) is 13.5. The van der Waals surface area contributed by atoms with E-state index in [2.05, 4.69) is 0 Å². The van der Waals surface area contributed by atoms with Crippen LogP contribution in [0.1, 0.15) is 23.6 Å². The van der Waals surface area contributed by atoms with Crippen molar-refractivity contribution in [2.45, 2.75) is 20.1 Å². The van der Waals surface area contributed by atoms with Crippen molar-refractivity contribution in [3.05, 3.63) is 77.5 Å². The number of nitrogens with zero attached hydrogens (tertiary/aromatic N) is 1. The van der Waals surface area contributed by atoms with Gasteiger partial charge in [0.25, 0.3) is 0 Å². The second-order valence-corrected chi connectivity index (χ2v) is 5.75. The Kier molecular flexibility index (Phi) is 8.20. The monoisotopic (exact) mass is 385 g/mol. The molecule has 0 radical (unpaired) electrons. The van der Waals surface area contributed by atoms with Crippen LogP contribution < -0.4 is 0 Å². The molecule has 0 unspecified atom stereocenters. The minimum atomic E-state index is -0.543. The van der Waals surface area contributed by atoms with Gasteiger partial charge in [0.1, 0.15) is 5.57 Å². The van der Waals surface area contributed by atoms with Gasteiger partial charge in [0.15, 0.2) is 0 Å². The molecule has 7 heteroatoms. The largest absolute Gasteiger partial charge is 0.503 e. The van der Waals surface area contributed by atoms with Crippen LogP contribution in [0.2, 0.25) is 0 Å². The van der Waals surface area contributed by atoms with E-state index in [1.165, 1.54) is 27.4 Å². The zero-order valence-electron chi connectivity index (χ0n) is 16.1. The molecule has 0 N–H and O–H groups in total. The van der Waals surface area contributed by atoms with Crippen molar-refractivity contribution in [3.8, 4) is 0 Å². The minimum Gasteiger partial charge on any atom is -0.503 e. The number of rotatable bonds is 9. The highest BCUT2D eigenvalue weighted by Crippen LogP contribution is 2.23. The van der Waals surface area contributed by atoms with Crippen LogP contribution in [0.25, 0.3) is 5.57 Å². The Labute approximate surface area is 164 Å². The summed E-state index contributed by atoms with van der Waals surface area (Å²) in [5, 5.41) is 1.09. The van der Waals surface area contributed by atoms with Crippen LogP contribution in [-0.2, 0) is 41.9 Å². The molecule has 0 aromatic heterocycles. The van der Waals surface area contributed by atoms with Crippen LogP contribution >= 0.6 is 0 Å². The molecule has 0 bridgehead atoms. The van der Waals surface area contributed by atoms with Gasteiger partial charge in [-0.15, -0.1) is 0 Å². The molecule has 0 heterocycles. The quantitative estimate of drug-likeness (QED) is 0.284. The first kappa shape index (κ1) is 21.1. The molecule has 2 aromatic rings. The molecular weight excluding hydrogens is 362 g/mol. The van der Waals surface area contributed by atoms with E-state index < -0.39 is 11.9 Å². The third-order valence-electron chi connectivity index (χ3n) is 3.70. The summed E-state index contributed by atoms with van der Waals surface area (Å²) in [7, 11) is 2.74. The topological polar surface area (TPSA) is 74.3 Å². The highest BCUT2D eigenvalue weighted by Gasteiger charge is 2.20. The fourth-order valence-electron chi connectivity index (χ4n) is 2.48. The normalized spacial score (nSPS) is 11.2. The maximum absolute atomic E-state index is 12.1. The lowest BCUT2D eigenvalue weighted by molar-refractivity contribution is -0.357. The lowest BCUT2D eigenvalue weighted by Gasteiger charge is -2.21. The Hall–Kier alpha value is -3.16. The van der Waals surface area contributed by atoms with E-state index in [4.69, 9.17) is 19.1 Å². The van der Waals surface area contributed by atoms with E-state index in [1.807, 2.05) is 36.4 Å². The summed E-state index contributed by atoms with van der Waals surface area (Å²) in [6, 6.07) is 16.6. The predicted octanol–water partition coefficient (Wildman–Crippen LogP) is 3.26.